The fourth-order valence-electron chi connectivity index (χ4n) is 2.57. The highest BCUT2D eigenvalue weighted by atomic mass is 32.2. The number of carbonyl (C=O) groups is 1. The fourth-order valence-corrected chi connectivity index (χ4v) is 3.49. The quantitative estimate of drug-likeness (QED) is 0.795. The molecule has 2 N–H and O–H groups in total. The van der Waals surface area contributed by atoms with Gasteiger partial charge < -0.3 is 10.6 Å². The molecule has 0 bridgehead atoms. The third-order valence-electron chi connectivity index (χ3n) is 3.96. The van der Waals surface area contributed by atoms with Gasteiger partial charge in [0.15, 0.2) is 0 Å². The summed E-state index contributed by atoms with van der Waals surface area (Å²) in [5.41, 5.74) is 0. The molecule has 2 fully saturated rings. The molecule has 3 nitrogen and oxygen atoms in total. The van der Waals surface area contributed by atoms with Gasteiger partial charge in [-0.2, -0.15) is 11.8 Å². The third kappa shape index (κ3) is 2.84. The zero-order chi connectivity index (χ0) is 11.4. The van der Waals surface area contributed by atoms with Crippen molar-refractivity contribution in [3.63, 3.8) is 0 Å². The second-order valence-electron chi connectivity index (χ2n) is 5.05. The van der Waals surface area contributed by atoms with Gasteiger partial charge in [-0.15, -0.1) is 0 Å². The van der Waals surface area contributed by atoms with Crippen LogP contribution < -0.4 is 10.6 Å². The molecule has 16 heavy (non-hydrogen) atoms. The zero-order valence-electron chi connectivity index (χ0n) is 10.1. The van der Waals surface area contributed by atoms with Gasteiger partial charge in [-0.05, 0) is 31.9 Å². The molecule has 0 heterocycles. The van der Waals surface area contributed by atoms with Gasteiger partial charge >= 0.3 is 6.03 Å². The maximum Gasteiger partial charge on any atom is 0.315 e. The molecule has 0 atom stereocenters. The minimum Gasteiger partial charge on any atom is -0.337 e. The highest BCUT2D eigenvalue weighted by Crippen LogP contribution is 2.42. The summed E-state index contributed by atoms with van der Waals surface area (Å²) >= 11 is 1.90. The first-order chi connectivity index (χ1) is 7.74. The topological polar surface area (TPSA) is 41.1 Å². The maximum absolute atomic E-state index is 11.7. The van der Waals surface area contributed by atoms with Crippen molar-refractivity contribution in [1.82, 2.24) is 10.6 Å². The first-order valence-electron chi connectivity index (χ1n) is 6.34. The van der Waals surface area contributed by atoms with Crippen molar-refractivity contribution < 1.29 is 4.79 Å². The minimum absolute atomic E-state index is 0.0345. The number of thioether (sulfide) groups is 1. The van der Waals surface area contributed by atoms with Gasteiger partial charge in [-0.25, -0.2) is 4.79 Å². The van der Waals surface area contributed by atoms with E-state index in [1.807, 2.05) is 11.8 Å². The van der Waals surface area contributed by atoms with E-state index in [0.717, 1.165) is 19.4 Å². The molecule has 0 aromatic carbocycles. The number of hydrogen-bond acceptors (Lipinski definition) is 2. The highest BCUT2D eigenvalue weighted by molar-refractivity contribution is 8.00. The smallest absolute Gasteiger partial charge is 0.315 e. The predicted molar refractivity (Wildman–Crippen MR) is 68.9 cm³/mol. The molecule has 0 unspecified atom stereocenters. The van der Waals surface area contributed by atoms with Crippen LogP contribution in [0.25, 0.3) is 0 Å². The van der Waals surface area contributed by atoms with E-state index in [1.165, 1.54) is 32.1 Å². The molecular weight excluding hydrogens is 220 g/mol. The van der Waals surface area contributed by atoms with Crippen LogP contribution in [-0.2, 0) is 0 Å². The summed E-state index contributed by atoms with van der Waals surface area (Å²) in [6.45, 7) is 0.826. The highest BCUT2D eigenvalue weighted by Gasteiger charge is 2.36. The summed E-state index contributed by atoms with van der Waals surface area (Å²) in [4.78, 5) is 11.7. The molecule has 2 aliphatic rings. The van der Waals surface area contributed by atoms with E-state index in [4.69, 9.17) is 0 Å². The van der Waals surface area contributed by atoms with Gasteiger partial charge in [-0.3, -0.25) is 0 Å². The standard InChI is InChI=1S/C12H22N2OS/c1-16-12(7-4-8-12)9-13-11(15)14-10-5-2-3-6-10/h10H,2-9H2,1H3,(H2,13,14,15). The zero-order valence-corrected chi connectivity index (χ0v) is 10.9. The Morgan fingerprint density at radius 1 is 1.31 bits per heavy atom. The van der Waals surface area contributed by atoms with Gasteiger partial charge in [0.2, 0.25) is 0 Å². The van der Waals surface area contributed by atoms with Crippen LogP contribution in [-0.4, -0.2) is 29.6 Å². The average Bonchev–Trinajstić information content (AvgIpc) is 2.69. The van der Waals surface area contributed by atoms with Crippen molar-refractivity contribution in [1.29, 1.82) is 0 Å². The third-order valence-corrected chi connectivity index (χ3v) is 5.38. The van der Waals surface area contributed by atoms with Gasteiger partial charge in [0, 0.05) is 17.3 Å². The van der Waals surface area contributed by atoms with Crippen molar-refractivity contribution in [3.8, 4) is 0 Å². The fraction of sp³-hybridized carbons (Fsp3) is 0.917. The second kappa shape index (κ2) is 5.30. The Morgan fingerprint density at radius 2 is 2.00 bits per heavy atom. The molecule has 2 amide bonds. The molecule has 0 spiro atoms. The summed E-state index contributed by atoms with van der Waals surface area (Å²) in [5, 5.41) is 6.10. The lowest BCUT2D eigenvalue weighted by molar-refractivity contribution is 0.232. The molecule has 2 saturated carbocycles. The molecule has 0 aliphatic heterocycles. The SMILES string of the molecule is CSC1(CNC(=O)NC2CCCC2)CCC1. The number of nitrogens with one attached hydrogen (secondary N) is 2. The molecular formula is C12H22N2OS. The van der Waals surface area contributed by atoms with Gasteiger partial charge in [0.25, 0.3) is 0 Å². The average molecular weight is 242 g/mol. The summed E-state index contributed by atoms with van der Waals surface area (Å²) in [5.74, 6) is 0. The Hall–Kier alpha value is -0.380. The van der Waals surface area contributed by atoms with Crippen LogP contribution in [0.3, 0.4) is 0 Å². The molecule has 92 valence electrons. The molecule has 0 saturated heterocycles. The van der Waals surface area contributed by atoms with Crippen LogP contribution in [0.4, 0.5) is 4.79 Å². The minimum atomic E-state index is 0.0345. The van der Waals surface area contributed by atoms with Crippen molar-refractivity contribution in [2.45, 2.75) is 55.7 Å². The van der Waals surface area contributed by atoms with E-state index < -0.39 is 0 Å². The van der Waals surface area contributed by atoms with Gasteiger partial charge in [-0.1, -0.05) is 19.3 Å². The molecule has 0 radical (unpaired) electrons. The van der Waals surface area contributed by atoms with Crippen LogP contribution in [0, 0.1) is 0 Å². The Morgan fingerprint density at radius 3 is 2.50 bits per heavy atom. The Bertz CT molecular complexity index is 242. The molecule has 0 aromatic rings. The van der Waals surface area contributed by atoms with E-state index in [0.29, 0.717) is 10.8 Å². The van der Waals surface area contributed by atoms with E-state index in [1.54, 1.807) is 0 Å². The van der Waals surface area contributed by atoms with Crippen LogP contribution in [0.15, 0.2) is 0 Å². The number of carbonyl (C=O) groups excluding carboxylic acids is 1. The first-order valence-corrected chi connectivity index (χ1v) is 7.56. The number of rotatable bonds is 4. The first kappa shape index (κ1) is 12.1. The Balaban J connectivity index is 1.66. The summed E-state index contributed by atoms with van der Waals surface area (Å²) in [6.07, 6.45) is 10.8. The number of amides is 2. The van der Waals surface area contributed by atoms with Crippen LogP contribution >= 0.6 is 11.8 Å². The predicted octanol–water partition coefficient (Wildman–Crippen LogP) is 2.51. The van der Waals surface area contributed by atoms with Crippen LogP contribution in [0.1, 0.15) is 44.9 Å². The number of hydrogen-bond donors (Lipinski definition) is 2. The molecule has 0 aromatic heterocycles. The normalized spacial score (nSPS) is 23.8. The maximum atomic E-state index is 11.7. The van der Waals surface area contributed by atoms with E-state index in [2.05, 4.69) is 16.9 Å². The molecule has 2 rings (SSSR count). The monoisotopic (exact) mass is 242 g/mol. The van der Waals surface area contributed by atoms with E-state index in [-0.39, 0.29) is 6.03 Å². The van der Waals surface area contributed by atoms with Crippen molar-refractivity contribution in [2.75, 3.05) is 12.8 Å². The molecule has 4 heteroatoms. The lowest BCUT2D eigenvalue weighted by Crippen LogP contribution is -2.49. The van der Waals surface area contributed by atoms with Crippen molar-refractivity contribution in [2.24, 2.45) is 0 Å². The van der Waals surface area contributed by atoms with Gasteiger partial charge in [0.05, 0.1) is 0 Å². The number of urea groups is 1. The Kier molecular flexibility index (Phi) is 4.00. The largest absolute Gasteiger partial charge is 0.337 e. The summed E-state index contributed by atoms with van der Waals surface area (Å²) in [7, 11) is 0. The van der Waals surface area contributed by atoms with Crippen LogP contribution in [0.5, 0.6) is 0 Å². The lowest BCUT2D eigenvalue weighted by atomic mass is 9.84. The van der Waals surface area contributed by atoms with Crippen molar-refractivity contribution >= 4 is 17.8 Å². The van der Waals surface area contributed by atoms with E-state index >= 15 is 0 Å². The second-order valence-corrected chi connectivity index (χ2v) is 6.32. The van der Waals surface area contributed by atoms with Crippen molar-refractivity contribution in [3.05, 3.63) is 0 Å². The molecule has 2 aliphatic carbocycles. The summed E-state index contributed by atoms with van der Waals surface area (Å²) in [6, 6.07) is 0.457. The van der Waals surface area contributed by atoms with Crippen LogP contribution in [0.2, 0.25) is 0 Å². The van der Waals surface area contributed by atoms with E-state index in [9.17, 15) is 4.79 Å². The van der Waals surface area contributed by atoms with Gasteiger partial charge in [0.1, 0.15) is 0 Å². The lowest BCUT2D eigenvalue weighted by Gasteiger charge is -2.40. The summed E-state index contributed by atoms with van der Waals surface area (Å²) < 4.78 is 0.340. The Labute approximate surface area is 102 Å².